The topological polar surface area (TPSA) is 124 Å². The number of amides is 2. The molecule has 0 aliphatic carbocycles. The fourth-order valence-electron chi connectivity index (χ4n) is 5.34. The summed E-state index contributed by atoms with van der Waals surface area (Å²) >= 11 is 0. The van der Waals surface area contributed by atoms with E-state index < -0.39 is 54.1 Å². The fraction of sp³-hybridized carbons (Fsp3) is 0.0769. The second kappa shape index (κ2) is 13.9. The number of fused-ring (bicyclic) bond motifs is 1. The van der Waals surface area contributed by atoms with Crippen LogP contribution in [0.1, 0.15) is 75.1 Å². The van der Waals surface area contributed by atoms with Crippen LogP contribution < -0.4 is 0 Å². The molecular formula is C39H27NO8. The largest absolute Gasteiger partial charge is 0.448 e. The molecule has 0 fully saturated rings. The van der Waals surface area contributed by atoms with E-state index in [1.165, 1.54) is 18.2 Å². The Morgan fingerprint density at radius 1 is 0.500 bits per heavy atom. The van der Waals surface area contributed by atoms with Gasteiger partial charge in [-0.1, -0.05) is 121 Å². The minimum absolute atomic E-state index is 0.0238. The maximum atomic E-state index is 13.4. The Morgan fingerprint density at radius 3 is 1.44 bits per heavy atom. The van der Waals surface area contributed by atoms with Crippen molar-refractivity contribution < 1.29 is 38.2 Å². The fourth-order valence-corrected chi connectivity index (χ4v) is 5.34. The third-order valence-corrected chi connectivity index (χ3v) is 7.77. The maximum Gasteiger partial charge on any atom is 0.339 e. The van der Waals surface area contributed by atoms with Gasteiger partial charge < -0.3 is 9.47 Å². The number of imide groups is 1. The average Bonchev–Trinajstić information content (AvgIpc) is 3.37. The maximum absolute atomic E-state index is 13.4. The van der Waals surface area contributed by atoms with E-state index in [4.69, 9.17) is 9.47 Å². The summed E-state index contributed by atoms with van der Waals surface area (Å²) in [5, 5.41) is 0. The molecule has 9 heteroatoms. The lowest BCUT2D eigenvalue weighted by Crippen LogP contribution is -2.36. The molecule has 1 heterocycles. The zero-order valence-electron chi connectivity index (χ0n) is 25.4. The summed E-state index contributed by atoms with van der Waals surface area (Å²) in [6.45, 7) is -0.765. The van der Waals surface area contributed by atoms with Crippen LogP contribution in [0.4, 0.5) is 0 Å². The number of ether oxygens (including phenoxy) is 2. The Bertz CT molecular complexity index is 2010. The van der Waals surface area contributed by atoms with Crippen molar-refractivity contribution in [3.05, 3.63) is 178 Å². The molecule has 0 saturated carbocycles. The Kier molecular flexibility index (Phi) is 9.11. The SMILES string of the molecule is O=C(CN1C(=O)c2ccc(C(=O)O[C@H](C(=O)c3ccccc3)c3ccccc3)cc2C1=O)O[C@H](C(=O)c1ccccc1)c1ccccc1. The van der Waals surface area contributed by atoms with Crippen molar-refractivity contribution >= 4 is 35.3 Å². The summed E-state index contributed by atoms with van der Waals surface area (Å²) in [4.78, 5) is 80.5. The summed E-state index contributed by atoms with van der Waals surface area (Å²) in [6, 6.07) is 37.4. The molecule has 5 aromatic rings. The van der Waals surface area contributed by atoms with Crippen LogP contribution in [0.5, 0.6) is 0 Å². The third kappa shape index (κ3) is 6.56. The van der Waals surface area contributed by atoms with Gasteiger partial charge in [-0.05, 0) is 18.2 Å². The number of carbonyl (C=O) groups is 6. The number of hydrogen-bond donors (Lipinski definition) is 0. The summed E-state index contributed by atoms with van der Waals surface area (Å²) in [7, 11) is 0. The first-order chi connectivity index (χ1) is 23.3. The van der Waals surface area contributed by atoms with Gasteiger partial charge in [-0.15, -0.1) is 0 Å². The highest BCUT2D eigenvalue weighted by Gasteiger charge is 2.39. The quantitative estimate of drug-likeness (QED) is 0.0949. The van der Waals surface area contributed by atoms with Gasteiger partial charge in [-0.25, -0.2) is 4.79 Å². The predicted octanol–water partition coefficient (Wildman–Crippen LogP) is 6.23. The summed E-state index contributed by atoms with van der Waals surface area (Å²) in [6.07, 6.45) is -2.58. The molecule has 0 saturated heterocycles. The first-order valence-electron chi connectivity index (χ1n) is 15.0. The smallest absolute Gasteiger partial charge is 0.339 e. The van der Waals surface area contributed by atoms with E-state index in [0.29, 0.717) is 27.2 Å². The van der Waals surface area contributed by atoms with Crippen LogP contribution in [0.15, 0.2) is 140 Å². The molecular weight excluding hydrogens is 610 g/mol. The Hall–Kier alpha value is -6.48. The normalized spacial score (nSPS) is 13.3. The van der Waals surface area contributed by atoms with E-state index in [2.05, 4.69) is 0 Å². The predicted molar refractivity (Wildman–Crippen MR) is 173 cm³/mol. The van der Waals surface area contributed by atoms with Crippen LogP contribution >= 0.6 is 0 Å². The van der Waals surface area contributed by atoms with Gasteiger partial charge in [-0.3, -0.25) is 28.9 Å². The van der Waals surface area contributed by atoms with E-state index in [9.17, 15) is 28.8 Å². The number of carbonyl (C=O) groups excluding carboxylic acids is 6. The van der Waals surface area contributed by atoms with Crippen LogP contribution in [0.2, 0.25) is 0 Å². The number of hydrogen-bond acceptors (Lipinski definition) is 8. The van der Waals surface area contributed by atoms with Crippen molar-refractivity contribution in [1.82, 2.24) is 4.90 Å². The van der Waals surface area contributed by atoms with Gasteiger partial charge in [0.2, 0.25) is 11.6 Å². The number of nitrogens with zero attached hydrogens (tertiary/aromatic N) is 1. The molecule has 236 valence electrons. The van der Waals surface area contributed by atoms with Crippen molar-refractivity contribution in [1.29, 1.82) is 0 Å². The lowest BCUT2D eigenvalue weighted by atomic mass is 9.99. The number of Topliss-reactive ketones (excluding diaryl/α,β-unsaturated/α-hetero) is 2. The number of esters is 2. The van der Waals surface area contributed by atoms with Crippen LogP contribution in [0.25, 0.3) is 0 Å². The second-order valence-electron chi connectivity index (χ2n) is 10.9. The molecule has 0 radical (unpaired) electrons. The monoisotopic (exact) mass is 637 g/mol. The first-order valence-corrected chi connectivity index (χ1v) is 15.0. The second-order valence-corrected chi connectivity index (χ2v) is 10.9. The minimum atomic E-state index is -1.31. The van der Waals surface area contributed by atoms with Gasteiger partial charge in [0.15, 0.2) is 12.2 Å². The molecule has 2 amide bonds. The number of benzene rings is 5. The zero-order chi connectivity index (χ0) is 33.6. The van der Waals surface area contributed by atoms with Gasteiger partial charge in [-0.2, -0.15) is 0 Å². The van der Waals surface area contributed by atoms with E-state index in [0.717, 1.165) is 0 Å². The van der Waals surface area contributed by atoms with Crippen molar-refractivity contribution in [3.63, 3.8) is 0 Å². The lowest BCUT2D eigenvalue weighted by Gasteiger charge is -2.19. The summed E-state index contributed by atoms with van der Waals surface area (Å²) in [5.74, 6) is -4.37. The highest BCUT2D eigenvalue weighted by Crippen LogP contribution is 2.29. The highest BCUT2D eigenvalue weighted by molar-refractivity contribution is 6.23. The van der Waals surface area contributed by atoms with Gasteiger partial charge in [0, 0.05) is 22.3 Å². The van der Waals surface area contributed by atoms with Crippen LogP contribution in [-0.4, -0.2) is 46.8 Å². The molecule has 5 aromatic carbocycles. The Morgan fingerprint density at radius 2 is 0.938 bits per heavy atom. The highest BCUT2D eigenvalue weighted by atomic mass is 16.6. The van der Waals surface area contributed by atoms with Crippen molar-refractivity contribution in [3.8, 4) is 0 Å². The van der Waals surface area contributed by atoms with E-state index in [-0.39, 0.29) is 16.7 Å². The summed E-state index contributed by atoms with van der Waals surface area (Å²) in [5.41, 5.74) is 1.33. The van der Waals surface area contributed by atoms with E-state index >= 15 is 0 Å². The number of ketones is 2. The third-order valence-electron chi connectivity index (χ3n) is 7.77. The van der Waals surface area contributed by atoms with E-state index in [1.807, 2.05) is 0 Å². The first kappa shape index (κ1) is 31.5. The standard InChI is InChI=1S/C39H27NO8/c41-32(47-35(27-17-9-3-10-18-27)33(42)25-13-5-1-6-14-25)24-40-37(44)30-22-21-29(23-31(30)38(40)45)39(46)48-36(28-19-11-4-12-20-28)34(43)26-15-7-2-8-16-26/h1-23,35-36H,24H2/t35-,36-/m0/s1. The van der Waals surface area contributed by atoms with Crippen LogP contribution in [0, 0.1) is 0 Å². The minimum Gasteiger partial charge on any atom is -0.448 e. The molecule has 9 nitrogen and oxygen atoms in total. The van der Waals surface area contributed by atoms with Crippen molar-refractivity contribution in [2.24, 2.45) is 0 Å². The molecule has 0 unspecified atom stereocenters. The Labute approximate surface area is 275 Å². The zero-order valence-corrected chi connectivity index (χ0v) is 25.4. The van der Waals surface area contributed by atoms with Crippen LogP contribution in [-0.2, 0) is 14.3 Å². The van der Waals surface area contributed by atoms with Crippen LogP contribution in [0.3, 0.4) is 0 Å². The molecule has 48 heavy (non-hydrogen) atoms. The Balaban J connectivity index is 1.19. The molecule has 1 aliphatic rings. The van der Waals surface area contributed by atoms with E-state index in [1.54, 1.807) is 121 Å². The lowest BCUT2D eigenvalue weighted by molar-refractivity contribution is -0.147. The van der Waals surface area contributed by atoms with Gasteiger partial charge in [0.1, 0.15) is 6.54 Å². The van der Waals surface area contributed by atoms with Crippen molar-refractivity contribution in [2.45, 2.75) is 12.2 Å². The van der Waals surface area contributed by atoms with Gasteiger partial charge in [0.25, 0.3) is 11.8 Å². The average molecular weight is 638 g/mol. The molecule has 0 N–H and O–H groups in total. The van der Waals surface area contributed by atoms with Gasteiger partial charge >= 0.3 is 11.9 Å². The molecule has 0 spiro atoms. The summed E-state index contributed by atoms with van der Waals surface area (Å²) < 4.78 is 11.3. The van der Waals surface area contributed by atoms with Gasteiger partial charge in [0.05, 0.1) is 16.7 Å². The molecule has 1 aliphatic heterocycles. The van der Waals surface area contributed by atoms with Crippen molar-refractivity contribution in [2.75, 3.05) is 6.54 Å². The molecule has 6 rings (SSSR count). The molecule has 0 aromatic heterocycles. The molecule has 0 bridgehead atoms. The molecule has 2 atom stereocenters. The number of rotatable bonds is 11.